The molecular weight excluding hydrogens is 309 g/mol. The number of benzene rings is 1. The van der Waals surface area contributed by atoms with Crippen molar-refractivity contribution in [2.24, 2.45) is 0 Å². The maximum Gasteiger partial charge on any atom is 0.315 e. The lowest BCUT2D eigenvalue weighted by Crippen LogP contribution is -2.44. The molecule has 0 radical (unpaired) electrons. The van der Waals surface area contributed by atoms with Crippen LogP contribution in [-0.2, 0) is 0 Å². The zero-order chi connectivity index (χ0) is 16.1. The van der Waals surface area contributed by atoms with E-state index in [1.54, 1.807) is 6.07 Å². The number of nitrogens with zero attached hydrogens (tertiary/aromatic N) is 1. The molecule has 0 bridgehead atoms. The maximum atomic E-state index is 13.7. The first-order valence-electron chi connectivity index (χ1n) is 7.33. The van der Waals surface area contributed by atoms with Crippen molar-refractivity contribution in [3.63, 3.8) is 0 Å². The monoisotopic (exact) mass is 329 g/mol. The number of carbonyl (C=O) groups is 1. The number of aliphatic hydroxyl groups is 1. The van der Waals surface area contributed by atoms with Gasteiger partial charge in [0.05, 0.1) is 17.1 Å². The average molecular weight is 330 g/mol. The molecule has 1 fully saturated rings. The second-order valence-electron chi connectivity index (χ2n) is 5.47. The van der Waals surface area contributed by atoms with Gasteiger partial charge in [-0.3, -0.25) is 4.90 Å². The molecule has 2 amide bonds. The molecule has 7 heteroatoms. The van der Waals surface area contributed by atoms with Crippen LogP contribution in [0, 0.1) is 5.82 Å². The minimum absolute atomic E-state index is 0.0408. The predicted molar refractivity (Wildman–Crippen MR) is 83.4 cm³/mol. The number of carbonyl (C=O) groups excluding carboxylic acids is 1. The molecule has 0 aliphatic carbocycles. The van der Waals surface area contributed by atoms with Crippen LogP contribution >= 0.6 is 11.6 Å². The number of likely N-dealkylation sites (tertiary alicyclic amines) is 1. The summed E-state index contributed by atoms with van der Waals surface area (Å²) in [4.78, 5) is 13.9. The number of urea groups is 1. The minimum atomic E-state index is -0.453. The topological polar surface area (TPSA) is 64.6 Å². The molecule has 1 aromatic rings. The third-order valence-electron chi connectivity index (χ3n) is 3.87. The van der Waals surface area contributed by atoms with Crippen molar-refractivity contribution in [3.05, 3.63) is 34.6 Å². The van der Waals surface area contributed by atoms with Gasteiger partial charge in [0.25, 0.3) is 0 Å². The van der Waals surface area contributed by atoms with Crippen LogP contribution in [0.3, 0.4) is 0 Å². The first-order chi connectivity index (χ1) is 10.5. The fourth-order valence-electron chi connectivity index (χ4n) is 2.78. The van der Waals surface area contributed by atoms with Crippen molar-refractivity contribution in [1.82, 2.24) is 15.5 Å². The zero-order valence-electron chi connectivity index (χ0n) is 12.5. The van der Waals surface area contributed by atoms with E-state index in [-0.39, 0.29) is 29.7 Å². The molecule has 1 aromatic carbocycles. The molecule has 3 N–H and O–H groups in total. The van der Waals surface area contributed by atoms with Crippen molar-refractivity contribution in [2.75, 3.05) is 26.7 Å². The summed E-state index contributed by atoms with van der Waals surface area (Å²) in [5.74, 6) is -0.453. The summed E-state index contributed by atoms with van der Waals surface area (Å²) in [5.41, 5.74) is 0.794. The van der Waals surface area contributed by atoms with Crippen LogP contribution in [0.15, 0.2) is 18.2 Å². The molecular formula is C15H21ClFN3O2. The molecule has 1 aliphatic heterocycles. The summed E-state index contributed by atoms with van der Waals surface area (Å²) in [6, 6.07) is 4.29. The van der Waals surface area contributed by atoms with Gasteiger partial charge in [0.2, 0.25) is 0 Å². The average Bonchev–Trinajstić information content (AvgIpc) is 2.83. The largest absolute Gasteiger partial charge is 0.396 e. The van der Waals surface area contributed by atoms with E-state index in [0.29, 0.717) is 13.0 Å². The Hall–Kier alpha value is -1.37. The molecule has 0 aromatic heterocycles. The summed E-state index contributed by atoms with van der Waals surface area (Å²) in [7, 11) is 1.95. The van der Waals surface area contributed by atoms with Gasteiger partial charge in [0.1, 0.15) is 5.82 Å². The number of hydrogen-bond donors (Lipinski definition) is 3. The number of aliphatic hydroxyl groups excluding tert-OH is 1. The molecule has 2 rings (SSSR count). The second-order valence-corrected chi connectivity index (χ2v) is 5.88. The van der Waals surface area contributed by atoms with E-state index >= 15 is 0 Å². The highest BCUT2D eigenvalue weighted by molar-refractivity contribution is 6.30. The Morgan fingerprint density at radius 3 is 3.00 bits per heavy atom. The van der Waals surface area contributed by atoms with E-state index in [2.05, 4.69) is 15.5 Å². The molecule has 2 atom stereocenters. The standard InChI is InChI=1S/C15H21ClFN3O2/c1-20-7-5-13(19-15(22)18-6-2-8-21)14(20)10-3-4-11(16)12(17)9-10/h3-4,9,13-14,21H,2,5-8H2,1H3,(H2,18,19,22). The molecule has 5 nitrogen and oxygen atoms in total. The third-order valence-corrected chi connectivity index (χ3v) is 4.18. The van der Waals surface area contributed by atoms with Gasteiger partial charge in [-0.2, -0.15) is 0 Å². The maximum absolute atomic E-state index is 13.7. The smallest absolute Gasteiger partial charge is 0.315 e. The van der Waals surface area contributed by atoms with Gasteiger partial charge >= 0.3 is 6.03 Å². The van der Waals surface area contributed by atoms with Crippen LogP contribution in [0.5, 0.6) is 0 Å². The highest BCUT2D eigenvalue weighted by atomic mass is 35.5. The van der Waals surface area contributed by atoms with Crippen molar-refractivity contribution in [2.45, 2.75) is 24.9 Å². The van der Waals surface area contributed by atoms with E-state index in [0.717, 1.165) is 18.5 Å². The van der Waals surface area contributed by atoms with Gasteiger partial charge in [-0.15, -0.1) is 0 Å². The van der Waals surface area contributed by atoms with E-state index in [9.17, 15) is 9.18 Å². The Kier molecular flexibility index (Phi) is 5.99. The molecule has 1 saturated heterocycles. The number of nitrogens with one attached hydrogen (secondary N) is 2. The van der Waals surface area contributed by atoms with Gasteiger partial charge in [0, 0.05) is 19.7 Å². The quantitative estimate of drug-likeness (QED) is 0.723. The molecule has 1 aliphatic rings. The van der Waals surface area contributed by atoms with Crippen LogP contribution in [0.2, 0.25) is 5.02 Å². The highest BCUT2D eigenvalue weighted by Crippen LogP contribution is 2.32. The summed E-state index contributed by atoms with van der Waals surface area (Å²) in [5, 5.41) is 14.4. The van der Waals surface area contributed by atoms with Crippen molar-refractivity contribution in [3.8, 4) is 0 Å². The van der Waals surface area contributed by atoms with Crippen LogP contribution < -0.4 is 10.6 Å². The van der Waals surface area contributed by atoms with Gasteiger partial charge in [0.15, 0.2) is 0 Å². The van der Waals surface area contributed by atoms with Gasteiger partial charge in [-0.1, -0.05) is 17.7 Å². The Morgan fingerprint density at radius 1 is 1.55 bits per heavy atom. The normalized spacial score (nSPS) is 21.8. The van der Waals surface area contributed by atoms with Gasteiger partial charge in [-0.05, 0) is 37.6 Å². The molecule has 1 heterocycles. The molecule has 0 spiro atoms. The van der Waals surface area contributed by atoms with Crippen molar-refractivity contribution >= 4 is 17.6 Å². The first kappa shape index (κ1) is 17.0. The molecule has 0 saturated carbocycles. The van der Waals surface area contributed by atoms with Crippen LogP contribution in [0.25, 0.3) is 0 Å². The number of halogens is 2. The summed E-state index contributed by atoms with van der Waals surface area (Å²) >= 11 is 5.73. The Morgan fingerprint density at radius 2 is 2.32 bits per heavy atom. The SMILES string of the molecule is CN1CCC(NC(=O)NCCCO)C1c1ccc(Cl)c(F)c1. The van der Waals surface area contributed by atoms with Crippen LogP contribution in [-0.4, -0.2) is 48.8 Å². The number of likely N-dealkylation sites (N-methyl/N-ethyl adjacent to an activating group) is 1. The summed E-state index contributed by atoms with van der Waals surface area (Å²) in [6.45, 7) is 1.28. The lowest BCUT2D eigenvalue weighted by Gasteiger charge is -2.26. The van der Waals surface area contributed by atoms with Crippen LogP contribution in [0.1, 0.15) is 24.4 Å². The van der Waals surface area contributed by atoms with Crippen molar-refractivity contribution < 1.29 is 14.3 Å². The van der Waals surface area contributed by atoms with E-state index in [4.69, 9.17) is 16.7 Å². The summed E-state index contributed by atoms with van der Waals surface area (Å²) < 4.78 is 13.7. The Balaban J connectivity index is 2.04. The van der Waals surface area contributed by atoms with E-state index < -0.39 is 5.82 Å². The summed E-state index contributed by atoms with van der Waals surface area (Å²) in [6.07, 6.45) is 1.31. The van der Waals surface area contributed by atoms with Crippen molar-refractivity contribution in [1.29, 1.82) is 0 Å². The zero-order valence-corrected chi connectivity index (χ0v) is 13.2. The lowest BCUT2D eigenvalue weighted by molar-refractivity contribution is 0.227. The fraction of sp³-hybridized carbons (Fsp3) is 0.533. The first-order valence-corrected chi connectivity index (χ1v) is 7.71. The predicted octanol–water partition coefficient (Wildman–Crippen LogP) is 1.91. The number of hydrogen-bond acceptors (Lipinski definition) is 3. The Labute approximate surface area is 134 Å². The van der Waals surface area contributed by atoms with Gasteiger partial charge < -0.3 is 15.7 Å². The lowest BCUT2D eigenvalue weighted by atomic mass is 10.00. The number of rotatable bonds is 5. The molecule has 122 valence electrons. The highest BCUT2D eigenvalue weighted by Gasteiger charge is 2.34. The fourth-order valence-corrected chi connectivity index (χ4v) is 2.90. The van der Waals surface area contributed by atoms with E-state index in [1.807, 2.05) is 7.05 Å². The molecule has 2 unspecified atom stereocenters. The molecule has 22 heavy (non-hydrogen) atoms. The third kappa shape index (κ3) is 4.09. The number of amides is 2. The minimum Gasteiger partial charge on any atom is -0.396 e. The van der Waals surface area contributed by atoms with Crippen LogP contribution in [0.4, 0.5) is 9.18 Å². The Bertz CT molecular complexity index is 530. The second kappa shape index (κ2) is 7.76. The van der Waals surface area contributed by atoms with E-state index in [1.165, 1.54) is 12.1 Å². The van der Waals surface area contributed by atoms with Gasteiger partial charge in [-0.25, -0.2) is 9.18 Å².